The Balaban J connectivity index is 1.67. The normalized spacial score (nSPS) is 17.4. The van der Waals surface area contributed by atoms with Crippen molar-refractivity contribution in [3.05, 3.63) is 37.8 Å². The molecule has 0 radical (unpaired) electrons. The van der Waals surface area contributed by atoms with Crippen molar-refractivity contribution >= 4 is 33.3 Å². The molecule has 126 valence electrons. The van der Waals surface area contributed by atoms with E-state index >= 15 is 0 Å². The summed E-state index contributed by atoms with van der Waals surface area (Å²) in [5.74, 6) is 2.21. The summed E-state index contributed by atoms with van der Waals surface area (Å²) in [6.45, 7) is 6.11. The van der Waals surface area contributed by atoms with Gasteiger partial charge in [-0.1, -0.05) is 23.8 Å². The van der Waals surface area contributed by atoms with Crippen LogP contribution in [-0.2, 0) is 18.6 Å². The SMILES string of the molecule is Cc1noc(C)c1CSc1nc2sc3c(c2c(=O)[nH]1)CCC(C)C3. The molecule has 7 heteroatoms. The predicted octanol–water partition coefficient (Wildman–Crippen LogP) is 4.01. The maximum absolute atomic E-state index is 12.6. The molecule has 5 nitrogen and oxygen atoms in total. The monoisotopic (exact) mass is 361 g/mol. The standard InChI is InChI=1S/C17H19N3O2S2/c1-8-4-5-11-13(6-8)24-16-14(11)15(21)18-17(19-16)23-7-12-9(2)20-22-10(12)3/h8H,4-7H2,1-3H3,(H,18,19,21). The number of thioether (sulfide) groups is 1. The molecule has 0 amide bonds. The molecule has 4 rings (SSSR count). The molecule has 0 aromatic carbocycles. The summed E-state index contributed by atoms with van der Waals surface area (Å²) in [5.41, 5.74) is 3.18. The number of aromatic nitrogens is 3. The highest BCUT2D eigenvalue weighted by Crippen LogP contribution is 2.36. The number of rotatable bonds is 3. The number of hydrogen-bond donors (Lipinski definition) is 1. The van der Waals surface area contributed by atoms with E-state index in [-0.39, 0.29) is 5.56 Å². The number of nitrogens with zero attached hydrogens (tertiary/aromatic N) is 2. The third-order valence-corrected chi connectivity index (χ3v) is 6.73. The Morgan fingerprint density at radius 2 is 2.25 bits per heavy atom. The van der Waals surface area contributed by atoms with Gasteiger partial charge in [-0.2, -0.15) is 0 Å². The van der Waals surface area contributed by atoms with Gasteiger partial charge in [-0.05, 0) is 44.6 Å². The topological polar surface area (TPSA) is 71.8 Å². The lowest BCUT2D eigenvalue weighted by Gasteiger charge is -2.17. The van der Waals surface area contributed by atoms with Gasteiger partial charge in [0.05, 0.1) is 11.1 Å². The maximum atomic E-state index is 12.6. The van der Waals surface area contributed by atoms with E-state index in [1.165, 1.54) is 22.2 Å². The van der Waals surface area contributed by atoms with E-state index in [9.17, 15) is 4.79 Å². The Kier molecular flexibility index (Phi) is 4.00. The number of aromatic amines is 1. The highest BCUT2D eigenvalue weighted by molar-refractivity contribution is 7.98. The Morgan fingerprint density at radius 3 is 3.00 bits per heavy atom. The highest BCUT2D eigenvalue weighted by atomic mass is 32.2. The van der Waals surface area contributed by atoms with E-state index < -0.39 is 0 Å². The lowest BCUT2D eigenvalue weighted by Crippen LogP contribution is -2.13. The molecule has 0 saturated heterocycles. The van der Waals surface area contributed by atoms with Gasteiger partial charge in [-0.3, -0.25) is 4.79 Å². The number of hydrogen-bond acceptors (Lipinski definition) is 6. The fourth-order valence-electron chi connectivity index (χ4n) is 3.25. The fourth-order valence-corrected chi connectivity index (χ4v) is 5.70. The summed E-state index contributed by atoms with van der Waals surface area (Å²) in [4.78, 5) is 22.4. The van der Waals surface area contributed by atoms with Crippen LogP contribution in [0.15, 0.2) is 14.5 Å². The number of thiophene rings is 1. The molecule has 3 aromatic heterocycles. The van der Waals surface area contributed by atoms with Gasteiger partial charge in [0.2, 0.25) is 0 Å². The lowest BCUT2D eigenvalue weighted by atomic mass is 9.89. The first-order valence-corrected chi connectivity index (χ1v) is 9.92. The van der Waals surface area contributed by atoms with Crippen molar-refractivity contribution < 1.29 is 4.52 Å². The Bertz CT molecular complexity index is 951. The first-order chi connectivity index (χ1) is 11.5. The van der Waals surface area contributed by atoms with Crippen LogP contribution in [0.4, 0.5) is 0 Å². The number of fused-ring (bicyclic) bond motifs is 3. The minimum Gasteiger partial charge on any atom is -0.361 e. The summed E-state index contributed by atoms with van der Waals surface area (Å²) < 4.78 is 5.19. The third kappa shape index (κ3) is 2.69. The molecule has 0 bridgehead atoms. The van der Waals surface area contributed by atoms with Gasteiger partial charge < -0.3 is 9.51 Å². The molecule has 3 heterocycles. The van der Waals surface area contributed by atoms with Crippen LogP contribution in [0.3, 0.4) is 0 Å². The first-order valence-electron chi connectivity index (χ1n) is 8.12. The van der Waals surface area contributed by atoms with Gasteiger partial charge in [0.1, 0.15) is 10.6 Å². The molecule has 1 aliphatic rings. The van der Waals surface area contributed by atoms with Crippen molar-refractivity contribution in [1.29, 1.82) is 0 Å². The van der Waals surface area contributed by atoms with Gasteiger partial charge in [0.15, 0.2) is 5.16 Å². The third-order valence-electron chi connectivity index (χ3n) is 4.68. The second kappa shape index (κ2) is 6.04. The Hall–Kier alpha value is -1.60. The Morgan fingerprint density at radius 1 is 1.42 bits per heavy atom. The molecule has 24 heavy (non-hydrogen) atoms. The molecule has 0 aliphatic heterocycles. The molecular formula is C17H19N3O2S2. The molecule has 1 atom stereocenters. The van der Waals surface area contributed by atoms with Crippen molar-refractivity contribution in [2.45, 2.75) is 50.9 Å². The van der Waals surface area contributed by atoms with Gasteiger partial charge in [-0.15, -0.1) is 11.3 Å². The van der Waals surface area contributed by atoms with Crippen molar-refractivity contribution in [3.63, 3.8) is 0 Å². The van der Waals surface area contributed by atoms with Crippen molar-refractivity contribution in [2.24, 2.45) is 5.92 Å². The van der Waals surface area contributed by atoms with E-state index in [0.717, 1.165) is 46.5 Å². The summed E-state index contributed by atoms with van der Waals surface area (Å²) in [5, 5.41) is 5.44. The predicted molar refractivity (Wildman–Crippen MR) is 97.0 cm³/mol. The van der Waals surface area contributed by atoms with Crippen molar-refractivity contribution in [1.82, 2.24) is 15.1 Å². The van der Waals surface area contributed by atoms with E-state index in [4.69, 9.17) is 9.51 Å². The second-order valence-corrected chi connectivity index (χ2v) is 8.54. The van der Waals surface area contributed by atoms with E-state index in [1.54, 1.807) is 11.3 Å². The van der Waals surface area contributed by atoms with Crippen LogP contribution < -0.4 is 5.56 Å². The average molecular weight is 361 g/mol. The molecule has 1 N–H and O–H groups in total. The molecule has 0 spiro atoms. The fraction of sp³-hybridized carbons (Fsp3) is 0.471. The van der Waals surface area contributed by atoms with Crippen LogP contribution in [0.1, 0.15) is 40.8 Å². The van der Waals surface area contributed by atoms with Crippen LogP contribution in [0.25, 0.3) is 10.2 Å². The van der Waals surface area contributed by atoms with Gasteiger partial charge >= 0.3 is 0 Å². The number of aryl methyl sites for hydroxylation is 3. The van der Waals surface area contributed by atoms with Crippen molar-refractivity contribution in [3.8, 4) is 0 Å². The minimum atomic E-state index is -0.00619. The maximum Gasteiger partial charge on any atom is 0.260 e. The minimum absolute atomic E-state index is 0.00619. The molecule has 0 fully saturated rings. The van der Waals surface area contributed by atoms with Gasteiger partial charge in [-0.25, -0.2) is 4.98 Å². The molecule has 1 unspecified atom stereocenters. The summed E-state index contributed by atoms with van der Waals surface area (Å²) in [7, 11) is 0. The van der Waals surface area contributed by atoms with Crippen molar-refractivity contribution in [2.75, 3.05) is 0 Å². The van der Waals surface area contributed by atoms with Gasteiger partial charge in [0.25, 0.3) is 5.56 Å². The largest absolute Gasteiger partial charge is 0.361 e. The van der Waals surface area contributed by atoms with E-state index in [0.29, 0.717) is 16.8 Å². The highest BCUT2D eigenvalue weighted by Gasteiger charge is 2.23. The molecule has 0 saturated carbocycles. The van der Waals surface area contributed by atoms with E-state index in [1.807, 2.05) is 13.8 Å². The summed E-state index contributed by atoms with van der Waals surface area (Å²) >= 11 is 3.21. The quantitative estimate of drug-likeness (QED) is 0.564. The zero-order valence-corrected chi connectivity index (χ0v) is 15.6. The summed E-state index contributed by atoms with van der Waals surface area (Å²) in [6, 6.07) is 0. The second-order valence-electron chi connectivity index (χ2n) is 6.49. The van der Waals surface area contributed by atoms with E-state index in [2.05, 4.69) is 17.1 Å². The molecule has 1 aliphatic carbocycles. The average Bonchev–Trinajstić information content (AvgIpc) is 3.05. The van der Waals surface area contributed by atoms with Gasteiger partial charge in [0, 0.05) is 16.2 Å². The van der Waals surface area contributed by atoms with Crippen LogP contribution in [0.2, 0.25) is 0 Å². The molecular weight excluding hydrogens is 342 g/mol. The first kappa shape index (κ1) is 15.9. The van der Waals surface area contributed by atoms with Crippen LogP contribution in [0.5, 0.6) is 0 Å². The molecule has 3 aromatic rings. The van der Waals surface area contributed by atoms with Crippen LogP contribution in [-0.4, -0.2) is 15.1 Å². The zero-order chi connectivity index (χ0) is 16.8. The zero-order valence-electron chi connectivity index (χ0n) is 13.9. The summed E-state index contributed by atoms with van der Waals surface area (Å²) in [6.07, 6.45) is 3.21. The van der Waals surface area contributed by atoms with Crippen LogP contribution in [0, 0.1) is 19.8 Å². The number of nitrogens with one attached hydrogen (secondary N) is 1. The van der Waals surface area contributed by atoms with Crippen LogP contribution >= 0.6 is 23.1 Å². The smallest absolute Gasteiger partial charge is 0.260 e. The Labute approximate surface area is 147 Å². The number of H-pyrrole nitrogens is 1. The lowest BCUT2D eigenvalue weighted by molar-refractivity contribution is 0.392.